The largest absolute Gasteiger partial charge is 0.280 e. The minimum atomic E-state index is -0.336. The van der Waals surface area contributed by atoms with Crippen LogP contribution in [0.15, 0.2) is 24.8 Å². The Kier molecular flexibility index (Phi) is 2.93. The molecule has 0 bridgehead atoms. The summed E-state index contributed by atoms with van der Waals surface area (Å²) < 4.78 is 0. The normalized spacial score (nSPS) is 11.1. The maximum absolute atomic E-state index is 11.0. The van der Waals surface area contributed by atoms with Gasteiger partial charge in [0.2, 0.25) is 0 Å². The van der Waals surface area contributed by atoms with E-state index in [1.807, 2.05) is 26.8 Å². The Bertz CT molecular complexity index is 403. The first kappa shape index (κ1) is 11.4. The van der Waals surface area contributed by atoms with Gasteiger partial charge in [0.15, 0.2) is 0 Å². The van der Waals surface area contributed by atoms with Crippen LogP contribution in [-0.2, 0) is 5.41 Å². The van der Waals surface area contributed by atoms with Crippen LogP contribution in [0.2, 0.25) is 0 Å². The Labute approximate surface area is 89.6 Å². The Morgan fingerprint density at radius 3 is 2.40 bits per heavy atom. The van der Waals surface area contributed by atoms with Crippen molar-refractivity contribution in [1.29, 1.82) is 0 Å². The maximum atomic E-state index is 11.0. The van der Waals surface area contributed by atoms with Crippen molar-refractivity contribution in [2.45, 2.75) is 26.2 Å². The van der Waals surface area contributed by atoms with Gasteiger partial charge in [0.1, 0.15) is 0 Å². The Balaban J connectivity index is 3.52. The Morgan fingerprint density at radius 2 is 2.00 bits per heavy atom. The number of nitrogens with zero attached hydrogens (tertiary/aromatic N) is 1. The van der Waals surface area contributed by atoms with Gasteiger partial charge in [-0.3, -0.25) is 10.1 Å². The molecule has 80 valence electrons. The fourth-order valence-corrected chi connectivity index (χ4v) is 1.54. The summed E-state index contributed by atoms with van der Waals surface area (Å²) >= 11 is 0. The second kappa shape index (κ2) is 3.85. The predicted octanol–water partition coefficient (Wildman–Crippen LogP) is 3.54. The Morgan fingerprint density at radius 1 is 1.40 bits per heavy atom. The molecule has 0 heterocycles. The number of hydrogen-bond acceptors (Lipinski definition) is 2. The summed E-state index contributed by atoms with van der Waals surface area (Å²) in [5.41, 5.74) is 1.25. The molecule has 0 saturated heterocycles. The second-order valence-corrected chi connectivity index (χ2v) is 4.45. The van der Waals surface area contributed by atoms with Crippen LogP contribution in [0.5, 0.6) is 0 Å². The van der Waals surface area contributed by atoms with Gasteiger partial charge in [-0.05, 0) is 11.5 Å². The van der Waals surface area contributed by atoms with Crippen LogP contribution in [0, 0.1) is 10.1 Å². The molecule has 0 aromatic heterocycles. The summed E-state index contributed by atoms with van der Waals surface area (Å²) in [6.07, 6.45) is 1.52. The first-order valence-electron chi connectivity index (χ1n) is 4.78. The highest BCUT2D eigenvalue weighted by Crippen LogP contribution is 2.33. The molecule has 0 atom stereocenters. The van der Waals surface area contributed by atoms with Crippen molar-refractivity contribution in [3.63, 3.8) is 0 Å². The summed E-state index contributed by atoms with van der Waals surface area (Å²) in [7, 11) is 0. The maximum Gasteiger partial charge on any atom is 0.280 e. The third kappa shape index (κ3) is 2.24. The summed E-state index contributed by atoms with van der Waals surface area (Å²) in [5, 5.41) is 11.0. The summed E-state index contributed by atoms with van der Waals surface area (Å²) in [6, 6.07) is 5.33. The molecule has 0 aliphatic carbocycles. The molecule has 0 amide bonds. The molecule has 1 aromatic carbocycles. The van der Waals surface area contributed by atoms with E-state index >= 15 is 0 Å². The molecule has 15 heavy (non-hydrogen) atoms. The van der Waals surface area contributed by atoms with Crippen LogP contribution in [-0.4, -0.2) is 4.92 Å². The van der Waals surface area contributed by atoms with Crippen molar-refractivity contribution in [3.05, 3.63) is 46.0 Å². The molecule has 0 unspecified atom stereocenters. The first-order valence-corrected chi connectivity index (χ1v) is 4.78. The zero-order chi connectivity index (χ0) is 11.6. The lowest BCUT2D eigenvalue weighted by molar-refractivity contribution is -0.386. The molecule has 0 saturated carbocycles. The minimum absolute atomic E-state index is 0.167. The molecular formula is C12H15NO2. The highest BCUT2D eigenvalue weighted by Gasteiger charge is 2.26. The standard InChI is InChI=1S/C12H15NO2/c1-5-9-7-6-8-10(12(2,3)4)11(9)13(14)15/h5-8H,1H2,2-4H3. The molecule has 0 radical (unpaired) electrons. The third-order valence-corrected chi connectivity index (χ3v) is 2.28. The molecule has 0 spiro atoms. The van der Waals surface area contributed by atoms with Crippen LogP contribution >= 0.6 is 0 Å². The minimum Gasteiger partial charge on any atom is -0.258 e. The van der Waals surface area contributed by atoms with Gasteiger partial charge in [0, 0.05) is 5.56 Å². The number of nitro groups is 1. The molecular weight excluding hydrogens is 190 g/mol. The predicted molar refractivity (Wildman–Crippen MR) is 61.9 cm³/mol. The van der Waals surface area contributed by atoms with Crippen molar-refractivity contribution < 1.29 is 4.92 Å². The smallest absolute Gasteiger partial charge is 0.258 e. The highest BCUT2D eigenvalue weighted by molar-refractivity contribution is 5.64. The average Bonchev–Trinajstić information content (AvgIpc) is 2.15. The van der Waals surface area contributed by atoms with Crippen LogP contribution in [0.3, 0.4) is 0 Å². The lowest BCUT2D eigenvalue weighted by atomic mass is 9.84. The van der Waals surface area contributed by atoms with Gasteiger partial charge >= 0.3 is 0 Å². The fraction of sp³-hybridized carbons (Fsp3) is 0.333. The monoisotopic (exact) mass is 205 g/mol. The van der Waals surface area contributed by atoms with E-state index in [0.717, 1.165) is 5.56 Å². The van der Waals surface area contributed by atoms with Crippen LogP contribution < -0.4 is 0 Å². The van der Waals surface area contributed by atoms with E-state index in [2.05, 4.69) is 6.58 Å². The number of rotatable bonds is 2. The van der Waals surface area contributed by atoms with Gasteiger partial charge in [0.05, 0.1) is 10.5 Å². The number of hydrogen-bond donors (Lipinski definition) is 0. The highest BCUT2D eigenvalue weighted by atomic mass is 16.6. The summed E-state index contributed by atoms with van der Waals surface area (Å²) in [4.78, 5) is 10.7. The van der Waals surface area contributed by atoms with E-state index in [-0.39, 0.29) is 16.0 Å². The molecule has 0 aliphatic rings. The van der Waals surface area contributed by atoms with Gasteiger partial charge in [-0.15, -0.1) is 0 Å². The van der Waals surface area contributed by atoms with Crippen molar-refractivity contribution in [1.82, 2.24) is 0 Å². The lowest BCUT2D eigenvalue weighted by Gasteiger charge is -2.19. The van der Waals surface area contributed by atoms with Gasteiger partial charge in [0.25, 0.3) is 5.69 Å². The van der Waals surface area contributed by atoms with E-state index in [4.69, 9.17) is 0 Å². The lowest BCUT2D eigenvalue weighted by Crippen LogP contribution is -2.14. The van der Waals surface area contributed by atoms with Crippen molar-refractivity contribution in [3.8, 4) is 0 Å². The zero-order valence-electron chi connectivity index (χ0n) is 9.28. The summed E-state index contributed by atoms with van der Waals surface area (Å²) in [5.74, 6) is 0. The molecule has 0 aliphatic heterocycles. The SMILES string of the molecule is C=Cc1cccc(C(C)(C)C)c1[N+](=O)[O-]. The molecule has 3 nitrogen and oxygen atoms in total. The molecule has 0 fully saturated rings. The number of nitro benzene ring substituents is 1. The zero-order valence-corrected chi connectivity index (χ0v) is 9.28. The molecule has 0 N–H and O–H groups in total. The van der Waals surface area contributed by atoms with E-state index in [0.29, 0.717) is 5.56 Å². The van der Waals surface area contributed by atoms with Crippen LogP contribution in [0.1, 0.15) is 31.9 Å². The fourth-order valence-electron chi connectivity index (χ4n) is 1.54. The first-order chi connectivity index (χ1) is 6.88. The second-order valence-electron chi connectivity index (χ2n) is 4.45. The topological polar surface area (TPSA) is 43.1 Å². The summed E-state index contributed by atoms with van der Waals surface area (Å²) in [6.45, 7) is 9.47. The Hall–Kier alpha value is -1.64. The van der Waals surface area contributed by atoms with E-state index in [1.165, 1.54) is 6.08 Å². The van der Waals surface area contributed by atoms with Gasteiger partial charge in [-0.1, -0.05) is 45.6 Å². The van der Waals surface area contributed by atoms with E-state index < -0.39 is 0 Å². The molecule has 1 aromatic rings. The van der Waals surface area contributed by atoms with Crippen LogP contribution in [0.4, 0.5) is 5.69 Å². The molecule has 3 heteroatoms. The number of para-hydroxylation sites is 1. The number of benzene rings is 1. The van der Waals surface area contributed by atoms with Crippen molar-refractivity contribution in [2.75, 3.05) is 0 Å². The van der Waals surface area contributed by atoms with E-state index in [1.54, 1.807) is 12.1 Å². The van der Waals surface area contributed by atoms with Gasteiger partial charge in [-0.25, -0.2) is 0 Å². The quantitative estimate of drug-likeness (QED) is 0.547. The van der Waals surface area contributed by atoms with E-state index in [9.17, 15) is 10.1 Å². The van der Waals surface area contributed by atoms with Crippen molar-refractivity contribution >= 4 is 11.8 Å². The molecule has 1 rings (SSSR count). The third-order valence-electron chi connectivity index (χ3n) is 2.28. The van der Waals surface area contributed by atoms with Gasteiger partial charge in [-0.2, -0.15) is 0 Å². The van der Waals surface area contributed by atoms with Crippen molar-refractivity contribution in [2.24, 2.45) is 0 Å². The van der Waals surface area contributed by atoms with Gasteiger partial charge < -0.3 is 0 Å². The average molecular weight is 205 g/mol. The van der Waals surface area contributed by atoms with Crippen LogP contribution in [0.25, 0.3) is 6.08 Å².